The van der Waals surface area contributed by atoms with Gasteiger partial charge in [0, 0.05) is 5.69 Å². The van der Waals surface area contributed by atoms with E-state index in [0.717, 1.165) is 0 Å². The first-order chi connectivity index (χ1) is 9.15. The second-order valence-electron chi connectivity index (χ2n) is 4.11. The molecule has 0 heterocycles. The maximum atomic E-state index is 13.1. The molecule has 0 unspecified atom stereocenters. The van der Waals surface area contributed by atoms with E-state index in [1.165, 1.54) is 12.1 Å². The van der Waals surface area contributed by atoms with Crippen LogP contribution in [0.5, 0.6) is 5.75 Å². The van der Waals surface area contributed by atoms with Gasteiger partial charge in [-0.25, -0.2) is 4.39 Å². The topological polar surface area (TPSA) is 38.3 Å². The van der Waals surface area contributed by atoms with Crippen LogP contribution in [0, 0.1) is 12.7 Å². The number of halogens is 1. The lowest BCUT2D eigenvalue weighted by atomic mass is 10.2. The highest BCUT2D eigenvalue weighted by atomic mass is 19.1. The zero-order chi connectivity index (χ0) is 13.7. The molecule has 2 aromatic rings. The molecule has 0 aliphatic heterocycles. The lowest BCUT2D eigenvalue weighted by Crippen LogP contribution is -2.20. The normalized spacial score (nSPS) is 10.0. The fourth-order valence-electron chi connectivity index (χ4n) is 1.57. The molecule has 0 bridgehead atoms. The summed E-state index contributed by atoms with van der Waals surface area (Å²) in [5.74, 6) is -0.0728. The molecule has 0 aliphatic carbocycles. The predicted octanol–water partition coefficient (Wildman–Crippen LogP) is 3.15. The lowest BCUT2D eigenvalue weighted by molar-refractivity contribution is -0.118. The minimum Gasteiger partial charge on any atom is -0.484 e. The van der Waals surface area contributed by atoms with Crippen LogP contribution in [0.4, 0.5) is 10.1 Å². The number of amides is 1. The summed E-state index contributed by atoms with van der Waals surface area (Å²) in [4.78, 5) is 11.6. The number of ether oxygens (including phenoxy) is 1. The number of aryl methyl sites for hydroxylation is 1. The summed E-state index contributed by atoms with van der Waals surface area (Å²) in [5.41, 5.74) is 1.20. The van der Waals surface area contributed by atoms with Crippen LogP contribution < -0.4 is 10.1 Å². The molecule has 0 saturated heterocycles. The maximum Gasteiger partial charge on any atom is 0.262 e. The zero-order valence-corrected chi connectivity index (χ0v) is 10.5. The summed E-state index contributed by atoms with van der Waals surface area (Å²) in [6.45, 7) is 1.53. The van der Waals surface area contributed by atoms with E-state index < -0.39 is 0 Å². The fourth-order valence-corrected chi connectivity index (χ4v) is 1.57. The average molecular weight is 259 g/mol. The molecule has 0 aliphatic rings. The molecule has 3 nitrogen and oxygen atoms in total. The summed E-state index contributed by atoms with van der Waals surface area (Å²) in [6.07, 6.45) is 0. The van der Waals surface area contributed by atoms with Crippen molar-refractivity contribution in [2.75, 3.05) is 11.9 Å². The van der Waals surface area contributed by atoms with Gasteiger partial charge in [0.2, 0.25) is 0 Å². The molecule has 0 aromatic heterocycles. The first kappa shape index (κ1) is 13.1. The van der Waals surface area contributed by atoms with Crippen LogP contribution in [-0.2, 0) is 4.79 Å². The van der Waals surface area contributed by atoms with Crippen LogP contribution >= 0.6 is 0 Å². The lowest BCUT2D eigenvalue weighted by Gasteiger charge is -2.08. The van der Waals surface area contributed by atoms with Gasteiger partial charge in [0.1, 0.15) is 11.6 Å². The average Bonchev–Trinajstić information content (AvgIpc) is 2.41. The summed E-state index contributed by atoms with van der Waals surface area (Å²) in [5, 5.41) is 2.70. The second-order valence-corrected chi connectivity index (χ2v) is 4.11. The van der Waals surface area contributed by atoms with Gasteiger partial charge in [-0.15, -0.1) is 0 Å². The van der Waals surface area contributed by atoms with Gasteiger partial charge in [-0.1, -0.05) is 18.2 Å². The SMILES string of the molecule is Cc1cc(OCC(=O)Nc2ccccc2)ccc1F. The monoisotopic (exact) mass is 259 g/mol. The Balaban J connectivity index is 1.88. The van der Waals surface area contributed by atoms with Crippen molar-refractivity contribution in [2.45, 2.75) is 6.92 Å². The van der Waals surface area contributed by atoms with Crippen molar-refractivity contribution in [2.24, 2.45) is 0 Å². The molecule has 0 radical (unpaired) electrons. The smallest absolute Gasteiger partial charge is 0.262 e. The molecule has 19 heavy (non-hydrogen) atoms. The number of anilines is 1. The minimum absolute atomic E-state index is 0.111. The number of nitrogens with one attached hydrogen (secondary N) is 1. The molecule has 1 N–H and O–H groups in total. The van der Waals surface area contributed by atoms with E-state index in [1.807, 2.05) is 18.2 Å². The van der Waals surface area contributed by atoms with Gasteiger partial charge < -0.3 is 10.1 Å². The fraction of sp³-hybridized carbons (Fsp3) is 0.133. The summed E-state index contributed by atoms with van der Waals surface area (Å²) < 4.78 is 18.3. The summed E-state index contributed by atoms with van der Waals surface area (Å²) in [6, 6.07) is 13.5. The standard InChI is InChI=1S/C15H14FNO2/c1-11-9-13(7-8-14(11)16)19-10-15(18)17-12-5-3-2-4-6-12/h2-9H,10H2,1H3,(H,17,18). The van der Waals surface area contributed by atoms with E-state index >= 15 is 0 Å². The van der Waals surface area contributed by atoms with Gasteiger partial charge >= 0.3 is 0 Å². The Morgan fingerprint density at radius 2 is 1.95 bits per heavy atom. The Morgan fingerprint density at radius 1 is 1.21 bits per heavy atom. The molecule has 98 valence electrons. The Morgan fingerprint density at radius 3 is 2.63 bits per heavy atom. The van der Waals surface area contributed by atoms with Gasteiger partial charge in [0.05, 0.1) is 0 Å². The van der Waals surface area contributed by atoms with E-state index in [4.69, 9.17) is 4.74 Å². The second kappa shape index (κ2) is 6.00. The molecule has 4 heteroatoms. The molecule has 2 rings (SSSR count). The number of hydrogen-bond donors (Lipinski definition) is 1. The molecular weight excluding hydrogens is 245 g/mol. The first-order valence-electron chi connectivity index (χ1n) is 5.89. The van der Waals surface area contributed by atoms with Gasteiger partial charge in [0.15, 0.2) is 6.61 Å². The van der Waals surface area contributed by atoms with E-state index in [1.54, 1.807) is 25.1 Å². The van der Waals surface area contributed by atoms with Crippen molar-refractivity contribution in [3.63, 3.8) is 0 Å². The number of carbonyl (C=O) groups is 1. The highest BCUT2D eigenvalue weighted by Gasteiger charge is 2.04. The molecule has 0 atom stereocenters. The number of carbonyl (C=O) groups excluding carboxylic acids is 1. The molecule has 0 saturated carbocycles. The van der Waals surface area contributed by atoms with Crippen molar-refractivity contribution in [1.82, 2.24) is 0 Å². The van der Waals surface area contributed by atoms with Crippen LogP contribution in [0.2, 0.25) is 0 Å². The third-order valence-electron chi connectivity index (χ3n) is 2.56. The number of benzene rings is 2. The van der Waals surface area contributed by atoms with Crippen molar-refractivity contribution in [3.8, 4) is 5.75 Å². The Labute approximate surface area is 111 Å². The first-order valence-corrected chi connectivity index (χ1v) is 5.89. The zero-order valence-electron chi connectivity index (χ0n) is 10.5. The largest absolute Gasteiger partial charge is 0.484 e. The minimum atomic E-state index is -0.291. The molecule has 1 amide bonds. The molecule has 0 fully saturated rings. The van der Waals surface area contributed by atoms with Crippen LogP contribution in [-0.4, -0.2) is 12.5 Å². The molecule has 0 spiro atoms. The number of rotatable bonds is 4. The number of para-hydroxylation sites is 1. The van der Waals surface area contributed by atoms with Crippen molar-refractivity contribution in [1.29, 1.82) is 0 Å². The third kappa shape index (κ3) is 3.81. The Hall–Kier alpha value is -2.36. The summed E-state index contributed by atoms with van der Waals surface area (Å²) >= 11 is 0. The van der Waals surface area contributed by atoms with Gasteiger partial charge in [0.25, 0.3) is 5.91 Å². The van der Waals surface area contributed by atoms with Crippen LogP contribution in [0.3, 0.4) is 0 Å². The van der Waals surface area contributed by atoms with Crippen molar-refractivity contribution >= 4 is 11.6 Å². The van der Waals surface area contributed by atoms with Gasteiger partial charge in [-0.05, 0) is 42.8 Å². The highest BCUT2D eigenvalue weighted by Crippen LogP contribution is 2.15. The third-order valence-corrected chi connectivity index (χ3v) is 2.56. The Kier molecular flexibility index (Phi) is 4.13. The predicted molar refractivity (Wildman–Crippen MR) is 71.7 cm³/mol. The Bertz CT molecular complexity index is 570. The van der Waals surface area contributed by atoms with Gasteiger partial charge in [-0.2, -0.15) is 0 Å². The summed E-state index contributed by atoms with van der Waals surface area (Å²) in [7, 11) is 0. The van der Waals surface area contributed by atoms with E-state index in [0.29, 0.717) is 17.0 Å². The number of hydrogen-bond acceptors (Lipinski definition) is 2. The van der Waals surface area contributed by atoms with E-state index in [-0.39, 0.29) is 18.3 Å². The van der Waals surface area contributed by atoms with Crippen LogP contribution in [0.1, 0.15) is 5.56 Å². The van der Waals surface area contributed by atoms with Crippen molar-refractivity contribution < 1.29 is 13.9 Å². The molecular formula is C15H14FNO2. The van der Waals surface area contributed by atoms with Gasteiger partial charge in [-0.3, -0.25) is 4.79 Å². The maximum absolute atomic E-state index is 13.1. The highest BCUT2D eigenvalue weighted by molar-refractivity contribution is 5.91. The quantitative estimate of drug-likeness (QED) is 0.916. The van der Waals surface area contributed by atoms with E-state index in [9.17, 15) is 9.18 Å². The molecule has 2 aromatic carbocycles. The van der Waals surface area contributed by atoms with Crippen LogP contribution in [0.25, 0.3) is 0 Å². The van der Waals surface area contributed by atoms with Crippen LogP contribution in [0.15, 0.2) is 48.5 Å². The van der Waals surface area contributed by atoms with Crippen molar-refractivity contribution in [3.05, 3.63) is 59.9 Å². The van der Waals surface area contributed by atoms with E-state index in [2.05, 4.69) is 5.32 Å².